The third-order valence-electron chi connectivity index (χ3n) is 4.99. The van der Waals surface area contributed by atoms with Crippen LogP contribution in [0.1, 0.15) is 62.8 Å². The zero-order valence-corrected chi connectivity index (χ0v) is 17.0. The third kappa shape index (κ3) is 4.05. The minimum atomic E-state index is -0.373. The molecule has 0 bridgehead atoms. The van der Waals surface area contributed by atoms with Crippen LogP contribution in [0.15, 0.2) is 34.1 Å². The quantitative estimate of drug-likeness (QED) is 0.586. The van der Waals surface area contributed by atoms with Crippen LogP contribution in [0.2, 0.25) is 0 Å². The molecule has 1 heterocycles. The molecule has 2 N–H and O–H groups in total. The molecule has 1 aliphatic rings. The van der Waals surface area contributed by atoms with Crippen molar-refractivity contribution >= 4 is 17.9 Å². The van der Waals surface area contributed by atoms with Crippen LogP contribution in [0.25, 0.3) is 0 Å². The number of hydrogen-bond acceptors (Lipinski definition) is 4. The number of aromatic hydroxyl groups is 1. The van der Waals surface area contributed by atoms with E-state index >= 15 is 0 Å². The molecule has 0 saturated carbocycles. The molecule has 0 amide bonds. The van der Waals surface area contributed by atoms with Crippen LogP contribution in [0.3, 0.4) is 0 Å². The Hall–Kier alpha value is -2.21. The van der Waals surface area contributed by atoms with E-state index in [1.165, 1.54) is 11.1 Å². The van der Waals surface area contributed by atoms with E-state index in [-0.39, 0.29) is 33.7 Å². The Labute approximate surface area is 164 Å². The molecule has 6 heteroatoms. The van der Waals surface area contributed by atoms with Gasteiger partial charge < -0.3 is 5.11 Å². The van der Waals surface area contributed by atoms with Gasteiger partial charge in [-0.2, -0.15) is 0 Å². The summed E-state index contributed by atoms with van der Waals surface area (Å²) in [7, 11) is 0. The Morgan fingerprint density at radius 3 is 2.85 bits per heavy atom. The molecule has 0 saturated heterocycles. The highest BCUT2D eigenvalue weighted by atomic mass is 32.1. The van der Waals surface area contributed by atoms with Crippen molar-refractivity contribution in [2.75, 3.05) is 0 Å². The van der Waals surface area contributed by atoms with Gasteiger partial charge in [-0.15, -0.1) is 0 Å². The number of H-pyrrole nitrogens is 1. The van der Waals surface area contributed by atoms with Crippen LogP contribution in [-0.2, 0) is 13.0 Å². The van der Waals surface area contributed by atoms with Crippen LogP contribution in [-0.4, -0.2) is 20.4 Å². The molecule has 0 radical (unpaired) electrons. The van der Waals surface area contributed by atoms with Gasteiger partial charge in [0.2, 0.25) is 5.88 Å². The Kier molecular flexibility index (Phi) is 5.95. The lowest BCUT2D eigenvalue weighted by molar-refractivity contribution is 0.379. The number of aliphatic imine (C=N–C) groups is 1. The van der Waals surface area contributed by atoms with E-state index in [0.29, 0.717) is 18.7 Å². The number of rotatable bonds is 5. The van der Waals surface area contributed by atoms with Crippen molar-refractivity contribution in [2.45, 2.75) is 59.0 Å². The summed E-state index contributed by atoms with van der Waals surface area (Å²) in [5, 5.41) is 10.8. The minimum Gasteiger partial charge on any atom is -0.494 e. The molecule has 0 fully saturated rings. The van der Waals surface area contributed by atoms with Gasteiger partial charge in [0.1, 0.15) is 5.56 Å². The van der Waals surface area contributed by atoms with Crippen LogP contribution in [0.5, 0.6) is 5.88 Å². The molecule has 144 valence electrons. The zero-order chi connectivity index (χ0) is 19.6. The summed E-state index contributed by atoms with van der Waals surface area (Å²) in [6, 6.07) is 8.37. The molecule has 3 rings (SSSR count). The second kappa shape index (κ2) is 8.21. The van der Waals surface area contributed by atoms with Crippen molar-refractivity contribution in [3.63, 3.8) is 0 Å². The highest BCUT2D eigenvalue weighted by Gasteiger charge is 2.23. The monoisotopic (exact) mass is 385 g/mol. The van der Waals surface area contributed by atoms with Crippen molar-refractivity contribution in [1.82, 2.24) is 9.55 Å². The molecular weight excluding hydrogens is 358 g/mol. The smallest absolute Gasteiger partial charge is 0.264 e. The van der Waals surface area contributed by atoms with Crippen molar-refractivity contribution < 1.29 is 5.11 Å². The first kappa shape index (κ1) is 19.5. The van der Waals surface area contributed by atoms with Crippen molar-refractivity contribution in [1.29, 1.82) is 0 Å². The standard InChI is InChI=1S/C21H27N3O2S/c1-4-16(22-17-11-7-9-14-8-5-6-10-15(14)17)18-19(25)23-21(27)24(20(18)26)12-13(2)3/h5-6,8,10,13,17,26H,4,7,9,11-12H2,1-3H3,(H,23,25,27)/t17-/m1/s1. The van der Waals surface area contributed by atoms with Crippen LogP contribution in [0, 0.1) is 10.7 Å². The lowest BCUT2D eigenvalue weighted by atomic mass is 9.88. The Bertz CT molecular complexity index is 972. The number of nitrogens with zero attached hydrogens (tertiary/aromatic N) is 2. The van der Waals surface area contributed by atoms with Gasteiger partial charge in [0.15, 0.2) is 4.77 Å². The predicted molar refractivity (Wildman–Crippen MR) is 111 cm³/mol. The SMILES string of the molecule is CCC(=N[C@@H]1CCCc2ccccc21)c1c(O)n(CC(C)C)c(=S)[nH]c1=O. The number of fused-ring (bicyclic) bond motifs is 1. The highest BCUT2D eigenvalue weighted by molar-refractivity contribution is 7.71. The number of aryl methyl sites for hydroxylation is 1. The van der Waals surface area contributed by atoms with Crippen LogP contribution < -0.4 is 5.56 Å². The maximum Gasteiger partial charge on any atom is 0.264 e. The van der Waals surface area contributed by atoms with Gasteiger partial charge >= 0.3 is 0 Å². The minimum absolute atomic E-state index is 0.0189. The van der Waals surface area contributed by atoms with Gasteiger partial charge in [0.25, 0.3) is 5.56 Å². The fourth-order valence-electron chi connectivity index (χ4n) is 3.74. The van der Waals surface area contributed by atoms with Crippen molar-refractivity contribution in [3.05, 3.63) is 56.1 Å². The van der Waals surface area contributed by atoms with E-state index in [4.69, 9.17) is 17.2 Å². The van der Waals surface area contributed by atoms with Gasteiger partial charge in [0.05, 0.1) is 11.8 Å². The van der Waals surface area contributed by atoms with Crippen LogP contribution in [0.4, 0.5) is 0 Å². The summed E-state index contributed by atoms with van der Waals surface area (Å²) in [4.78, 5) is 20.2. The fourth-order valence-corrected chi connectivity index (χ4v) is 3.99. The van der Waals surface area contributed by atoms with Crippen molar-refractivity contribution in [3.8, 4) is 5.88 Å². The summed E-state index contributed by atoms with van der Waals surface area (Å²) < 4.78 is 1.84. The average molecular weight is 386 g/mol. The summed E-state index contributed by atoms with van der Waals surface area (Å²) in [6.07, 6.45) is 3.65. The van der Waals surface area contributed by atoms with E-state index < -0.39 is 0 Å². The molecule has 1 aliphatic carbocycles. The van der Waals surface area contributed by atoms with E-state index in [9.17, 15) is 9.90 Å². The summed E-state index contributed by atoms with van der Waals surface area (Å²) in [5.41, 5.74) is 3.04. The first-order chi connectivity index (χ1) is 12.9. The number of aromatic amines is 1. The second-order valence-electron chi connectivity index (χ2n) is 7.50. The maximum atomic E-state index is 12.6. The lowest BCUT2D eigenvalue weighted by Crippen LogP contribution is -2.24. The molecule has 1 atom stereocenters. The van der Waals surface area contributed by atoms with Crippen LogP contribution >= 0.6 is 12.2 Å². The Morgan fingerprint density at radius 2 is 2.15 bits per heavy atom. The maximum absolute atomic E-state index is 12.6. The summed E-state index contributed by atoms with van der Waals surface area (Å²) in [6.45, 7) is 6.58. The fraction of sp³-hybridized carbons (Fsp3) is 0.476. The normalized spacial score (nSPS) is 17.2. The Morgan fingerprint density at radius 1 is 1.41 bits per heavy atom. The van der Waals surface area contributed by atoms with Gasteiger partial charge in [-0.1, -0.05) is 45.0 Å². The first-order valence-electron chi connectivity index (χ1n) is 9.63. The number of benzene rings is 1. The van der Waals surface area contributed by atoms with Gasteiger partial charge in [-0.3, -0.25) is 19.3 Å². The average Bonchev–Trinajstić information content (AvgIpc) is 2.64. The summed E-state index contributed by atoms with van der Waals surface area (Å²) in [5.74, 6) is 0.204. The van der Waals surface area contributed by atoms with Gasteiger partial charge in [-0.05, 0) is 54.9 Å². The Balaban J connectivity index is 2.11. The summed E-state index contributed by atoms with van der Waals surface area (Å²) >= 11 is 5.25. The molecule has 1 aromatic carbocycles. The van der Waals surface area contributed by atoms with Gasteiger partial charge in [0, 0.05) is 6.54 Å². The van der Waals surface area contributed by atoms with E-state index in [1.807, 2.05) is 26.8 Å². The molecule has 1 aromatic heterocycles. The number of hydrogen-bond donors (Lipinski definition) is 2. The molecule has 0 aliphatic heterocycles. The topological polar surface area (TPSA) is 70.4 Å². The predicted octanol–water partition coefficient (Wildman–Crippen LogP) is 4.54. The molecular formula is C21H27N3O2S. The molecule has 0 spiro atoms. The van der Waals surface area contributed by atoms with Gasteiger partial charge in [-0.25, -0.2) is 0 Å². The molecule has 2 aromatic rings. The largest absolute Gasteiger partial charge is 0.494 e. The lowest BCUT2D eigenvalue weighted by Gasteiger charge is -2.23. The van der Waals surface area contributed by atoms with Crippen molar-refractivity contribution in [2.24, 2.45) is 10.9 Å². The van der Waals surface area contributed by atoms with E-state index in [1.54, 1.807) is 4.57 Å². The zero-order valence-electron chi connectivity index (χ0n) is 16.2. The third-order valence-corrected chi connectivity index (χ3v) is 5.32. The molecule has 27 heavy (non-hydrogen) atoms. The molecule has 0 unspecified atom stereocenters. The van der Waals surface area contributed by atoms with E-state index in [0.717, 1.165) is 19.3 Å². The first-order valence-corrected chi connectivity index (χ1v) is 10.0. The number of aromatic nitrogens is 2. The number of nitrogens with one attached hydrogen (secondary N) is 1. The van der Waals surface area contributed by atoms with E-state index in [2.05, 4.69) is 23.2 Å². The highest BCUT2D eigenvalue weighted by Crippen LogP contribution is 2.33. The molecule has 5 nitrogen and oxygen atoms in total. The second-order valence-corrected chi connectivity index (χ2v) is 7.89.